The third-order valence-electron chi connectivity index (χ3n) is 3.38. The van der Waals surface area contributed by atoms with Crippen molar-refractivity contribution < 1.29 is 9.32 Å². The Hall–Kier alpha value is -2.15. The van der Waals surface area contributed by atoms with Crippen LogP contribution >= 0.6 is 0 Å². The Morgan fingerprint density at radius 2 is 2.29 bits per heavy atom. The quantitative estimate of drug-likeness (QED) is 0.811. The Labute approximate surface area is 123 Å². The van der Waals surface area contributed by atoms with Crippen LogP contribution in [0.3, 0.4) is 0 Å². The largest absolute Gasteiger partial charge is 0.360 e. The summed E-state index contributed by atoms with van der Waals surface area (Å²) in [6.45, 7) is 6.53. The first-order valence-electron chi connectivity index (χ1n) is 7.02. The van der Waals surface area contributed by atoms with Crippen molar-refractivity contribution in [3.05, 3.63) is 30.3 Å². The van der Waals surface area contributed by atoms with Crippen LogP contribution in [0.1, 0.15) is 32.1 Å². The number of aromatic nitrogens is 3. The summed E-state index contributed by atoms with van der Waals surface area (Å²) in [4.78, 5) is 11.8. The van der Waals surface area contributed by atoms with Crippen LogP contribution in [-0.4, -0.2) is 33.4 Å². The van der Waals surface area contributed by atoms with Gasteiger partial charge in [-0.3, -0.25) is 9.48 Å². The van der Waals surface area contributed by atoms with Crippen molar-refractivity contribution in [2.75, 3.05) is 11.9 Å². The number of hydrogen-bond acceptors (Lipinski definition) is 5. The Morgan fingerprint density at radius 1 is 1.48 bits per heavy atom. The molecule has 1 amide bonds. The first-order chi connectivity index (χ1) is 10.1. The molecular weight excluding hydrogens is 270 g/mol. The molecule has 0 fully saturated rings. The summed E-state index contributed by atoms with van der Waals surface area (Å²) in [5.74, 6) is 1.04. The van der Waals surface area contributed by atoms with Gasteiger partial charge in [-0.25, -0.2) is 0 Å². The lowest BCUT2D eigenvalue weighted by molar-refractivity contribution is -0.116. The number of anilines is 1. The summed E-state index contributed by atoms with van der Waals surface area (Å²) in [5.41, 5.74) is 0. The van der Waals surface area contributed by atoms with E-state index >= 15 is 0 Å². The maximum absolute atomic E-state index is 11.8. The lowest BCUT2D eigenvalue weighted by atomic mass is 10.1. The van der Waals surface area contributed by atoms with E-state index in [9.17, 15) is 4.79 Å². The van der Waals surface area contributed by atoms with Gasteiger partial charge in [0.25, 0.3) is 0 Å². The summed E-state index contributed by atoms with van der Waals surface area (Å²) < 4.78 is 6.79. The van der Waals surface area contributed by atoms with Crippen LogP contribution in [0.25, 0.3) is 0 Å². The van der Waals surface area contributed by atoms with Gasteiger partial charge in [0.2, 0.25) is 5.91 Å². The number of nitrogens with one attached hydrogen (secondary N) is 2. The molecule has 0 saturated heterocycles. The van der Waals surface area contributed by atoms with Crippen LogP contribution in [0.4, 0.5) is 5.82 Å². The molecule has 0 spiro atoms. The second-order valence-corrected chi connectivity index (χ2v) is 5.09. The maximum atomic E-state index is 11.8. The highest BCUT2D eigenvalue weighted by molar-refractivity contribution is 5.89. The van der Waals surface area contributed by atoms with Crippen molar-refractivity contribution in [2.45, 2.75) is 39.3 Å². The molecule has 2 rings (SSSR count). The molecule has 2 aromatic rings. The van der Waals surface area contributed by atoms with Gasteiger partial charge in [0.1, 0.15) is 5.76 Å². The van der Waals surface area contributed by atoms with Crippen LogP contribution in [0.5, 0.6) is 0 Å². The molecule has 0 aliphatic carbocycles. The average molecular weight is 291 g/mol. The van der Waals surface area contributed by atoms with Crippen molar-refractivity contribution >= 4 is 11.7 Å². The summed E-state index contributed by atoms with van der Waals surface area (Å²) in [6, 6.07) is 4.03. The molecule has 2 atom stereocenters. The zero-order valence-corrected chi connectivity index (χ0v) is 12.5. The van der Waals surface area contributed by atoms with Crippen molar-refractivity contribution in [3.63, 3.8) is 0 Å². The molecule has 0 unspecified atom stereocenters. The molecule has 0 bridgehead atoms. The minimum atomic E-state index is -0.0882. The Morgan fingerprint density at radius 3 is 2.90 bits per heavy atom. The van der Waals surface area contributed by atoms with E-state index in [1.54, 1.807) is 19.2 Å². The first kappa shape index (κ1) is 15.2. The Kier molecular flexibility index (Phi) is 5.10. The second kappa shape index (κ2) is 7.03. The van der Waals surface area contributed by atoms with E-state index in [-0.39, 0.29) is 18.0 Å². The molecule has 0 radical (unpaired) electrons. The fourth-order valence-corrected chi connectivity index (χ4v) is 1.97. The minimum Gasteiger partial charge on any atom is -0.360 e. The fourth-order valence-electron chi connectivity index (χ4n) is 1.97. The van der Waals surface area contributed by atoms with Gasteiger partial charge in [0, 0.05) is 37.5 Å². The predicted molar refractivity (Wildman–Crippen MR) is 78.9 cm³/mol. The van der Waals surface area contributed by atoms with Gasteiger partial charge in [-0.1, -0.05) is 5.16 Å². The maximum Gasteiger partial charge on any atom is 0.226 e. The lowest BCUT2D eigenvalue weighted by Gasteiger charge is -2.21. The second-order valence-electron chi connectivity index (χ2n) is 5.09. The SMILES string of the molecule is Cc1cc(NC(=O)CCN[C@H](C)[C@@H](C)n2cccn2)no1. The fraction of sp³-hybridized carbons (Fsp3) is 0.500. The van der Waals surface area contributed by atoms with Gasteiger partial charge in [-0.15, -0.1) is 0 Å². The van der Waals surface area contributed by atoms with Crippen molar-refractivity contribution in [1.82, 2.24) is 20.3 Å². The average Bonchev–Trinajstić information content (AvgIpc) is 3.09. The van der Waals surface area contributed by atoms with E-state index in [4.69, 9.17) is 4.52 Å². The molecule has 114 valence electrons. The third-order valence-corrected chi connectivity index (χ3v) is 3.38. The molecule has 2 N–H and O–H groups in total. The van der Waals surface area contributed by atoms with E-state index in [0.29, 0.717) is 24.5 Å². The molecule has 0 aliphatic heterocycles. The number of aryl methyl sites for hydroxylation is 1. The Bertz CT molecular complexity index is 564. The number of carbonyl (C=O) groups is 1. The smallest absolute Gasteiger partial charge is 0.226 e. The first-order valence-corrected chi connectivity index (χ1v) is 7.02. The van der Waals surface area contributed by atoms with Crippen LogP contribution in [0.2, 0.25) is 0 Å². The molecule has 2 heterocycles. The molecule has 7 heteroatoms. The van der Waals surface area contributed by atoms with E-state index in [2.05, 4.69) is 34.7 Å². The van der Waals surface area contributed by atoms with Crippen molar-refractivity contribution in [3.8, 4) is 0 Å². The normalized spacial score (nSPS) is 13.9. The minimum absolute atomic E-state index is 0.0882. The van der Waals surface area contributed by atoms with Gasteiger partial charge in [-0.05, 0) is 26.8 Å². The van der Waals surface area contributed by atoms with E-state index < -0.39 is 0 Å². The summed E-state index contributed by atoms with van der Waals surface area (Å²) in [7, 11) is 0. The third kappa shape index (κ3) is 4.42. The van der Waals surface area contributed by atoms with Gasteiger partial charge < -0.3 is 15.2 Å². The van der Waals surface area contributed by atoms with Crippen molar-refractivity contribution in [2.24, 2.45) is 0 Å². The molecule has 0 aliphatic rings. The van der Waals surface area contributed by atoms with Gasteiger partial charge in [0.05, 0.1) is 6.04 Å². The van der Waals surface area contributed by atoms with Crippen LogP contribution < -0.4 is 10.6 Å². The molecule has 7 nitrogen and oxygen atoms in total. The number of nitrogens with zero attached hydrogens (tertiary/aromatic N) is 3. The zero-order valence-electron chi connectivity index (χ0n) is 12.5. The number of hydrogen-bond donors (Lipinski definition) is 2. The van der Waals surface area contributed by atoms with E-state index in [0.717, 1.165) is 0 Å². The molecule has 0 aromatic carbocycles. The predicted octanol–water partition coefficient (Wildman–Crippen LogP) is 1.75. The summed E-state index contributed by atoms with van der Waals surface area (Å²) >= 11 is 0. The van der Waals surface area contributed by atoms with Gasteiger partial charge >= 0.3 is 0 Å². The highest BCUT2D eigenvalue weighted by Gasteiger charge is 2.14. The monoisotopic (exact) mass is 291 g/mol. The van der Waals surface area contributed by atoms with Gasteiger partial charge in [-0.2, -0.15) is 5.10 Å². The topological polar surface area (TPSA) is 85.0 Å². The number of rotatable bonds is 7. The highest BCUT2D eigenvalue weighted by Crippen LogP contribution is 2.09. The summed E-state index contributed by atoms with van der Waals surface area (Å²) in [6.07, 6.45) is 4.07. The number of carbonyl (C=O) groups excluding carboxylic acids is 1. The van der Waals surface area contributed by atoms with E-state index in [1.807, 2.05) is 16.9 Å². The summed E-state index contributed by atoms with van der Waals surface area (Å²) in [5, 5.41) is 14.0. The molecule has 21 heavy (non-hydrogen) atoms. The van der Waals surface area contributed by atoms with Crippen LogP contribution in [0.15, 0.2) is 29.0 Å². The standard InChI is InChI=1S/C14H21N5O2/c1-10-9-13(18-21-10)17-14(20)5-7-15-11(2)12(3)19-8-4-6-16-19/h4,6,8-9,11-12,15H,5,7H2,1-3H3,(H,17,18,20)/t11-,12-/m1/s1. The number of amides is 1. The Balaban J connectivity index is 1.70. The zero-order chi connectivity index (χ0) is 15.2. The highest BCUT2D eigenvalue weighted by atomic mass is 16.5. The van der Waals surface area contributed by atoms with Crippen LogP contribution in [0, 0.1) is 6.92 Å². The van der Waals surface area contributed by atoms with Crippen molar-refractivity contribution in [1.29, 1.82) is 0 Å². The lowest BCUT2D eigenvalue weighted by Crippen LogP contribution is -2.35. The molecule has 0 saturated carbocycles. The van der Waals surface area contributed by atoms with Gasteiger partial charge in [0.15, 0.2) is 5.82 Å². The molecule has 2 aromatic heterocycles. The molecular formula is C14H21N5O2. The van der Waals surface area contributed by atoms with E-state index in [1.165, 1.54) is 0 Å². The van der Waals surface area contributed by atoms with Crippen LogP contribution in [-0.2, 0) is 4.79 Å².